The van der Waals surface area contributed by atoms with Crippen molar-refractivity contribution in [3.05, 3.63) is 234 Å². The third-order valence-electron chi connectivity index (χ3n) is 18.8. The minimum atomic E-state index is -0.808. The zero-order valence-corrected chi connectivity index (χ0v) is 65.0. The van der Waals surface area contributed by atoms with Crippen LogP contribution in [0, 0.1) is 35.5 Å². The molecule has 0 bridgehead atoms. The summed E-state index contributed by atoms with van der Waals surface area (Å²) in [4.78, 5) is 87.3. The van der Waals surface area contributed by atoms with E-state index in [0.29, 0.717) is 38.5 Å². The highest BCUT2D eigenvalue weighted by molar-refractivity contribution is 9.11. The van der Waals surface area contributed by atoms with E-state index in [4.69, 9.17) is 33.2 Å². The summed E-state index contributed by atoms with van der Waals surface area (Å²) in [5.41, 5.74) is 3.46. The van der Waals surface area contributed by atoms with Crippen LogP contribution in [0.1, 0.15) is 139 Å². The second-order valence-corrected chi connectivity index (χ2v) is 30.2. The number of aliphatic hydroxyl groups excluding tert-OH is 2. The third-order valence-corrected chi connectivity index (χ3v) is 21.7. The maximum atomic E-state index is 13.0. The van der Waals surface area contributed by atoms with E-state index >= 15 is 0 Å². The molecular formula is C84H92Br4O16. The Bertz CT molecular complexity index is 3850. The van der Waals surface area contributed by atoms with Gasteiger partial charge in [-0.3, -0.25) is 0 Å². The van der Waals surface area contributed by atoms with E-state index in [0.717, 1.165) is 97.9 Å². The number of benzene rings is 4. The largest absolute Gasteiger partial charge is 0.460 e. The molecule has 10 rings (SSSR count). The predicted molar refractivity (Wildman–Crippen MR) is 416 cm³/mol. The van der Waals surface area contributed by atoms with Gasteiger partial charge in [-0.1, -0.05) is 173 Å². The van der Waals surface area contributed by atoms with Crippen molar-refractivity contribution >= 4 is 130 Å². The molecule has 0 amide bonds. The average molecular weight is 1680 g/mol. The van der Waals surface area contributed by atoms with Gasteiger partial charge in [0.25, 0.3) is 0 Å². The SMILES string of the molecule is C[C@H]1CCC/C=C/[C@@H]2C[C@H](O)C[C@H]2[C@H](OC(=O)/C=C/c2ccccc2Br)/C=C/C(=O)O1.C[C@H]1CCC/C=C/[C@@H]2C[C@H](OC(=O)/C=C/c3ccccc3Br)C[C@H]2[C@H](O)/C=C/C(=O)O1.C[C@H]1CCC/C=C/[C@@H]2C[C@H](OC(=O)/C=C/c3ccccc3Br)C[C@H]2[C@H](OC(=O)/C=C/c2ccccc2Br)/C=C/C(=O)O1. The van der Waals surface area contributed by atoms with Crippen LogP contribution in [0.15, 0.2) is 212 Å². The Morgan fingerprint density at radius 3 is 1.07 bits per heavy atom. The van der Waals surface area contributed by atoms with E-state index in [9.17, 15) is 43.8 Å². The molecule has 552 valence electrons. The number of fused-ring (bicyclic) bond motifs is 3. The minimum Gasteiger partial charge on any atom is -0.460 e. The Morgan fingerprint density at radius 1 is 0.394 bits per heavy atom. The van der Waals surface area contributed by atoms with E-state index in [1.54, 1.807) is 36.5 Å². The van der Waals surface area contributed by atoms with Crippen molar-refractivity contribution < 1.29 is 76.9 Å². The highest BCUT2D eigenvalue weighted by atomic mass is 79.9. The van der Waals surface area contributed by atoms with Crippen LogP contribution in [0.2, 0.25) is 0 Å². The van der Waals surface area contributed by atoms with Crippen molar-refractivity contribution in [2.75, 3.05) is 0 Å². The fourth-order valence-corrected chi connectivity index (χ4v) is 15.2. The molecule has 0 saturated heterocycles. The van der Waals surface area contributed by atoms with E-state index in [1.165, 1.54) is 48.6 Å². The number of hydrogen-bond donors (Lipinski definition) is 2. The second kappa shape index (κ2) is 43.1. The molecule has 3 aliphatic heterocycles. The Hall–Kier alpha value is -7.59. The average Bonchev–Trinajstić information content (AvgIpc) is 1.69. The molecule has 4 aromatic rings. The van der Waals surface area contributed by atoms with E-state index < -0.39 is 66.2 Å². The van der Waals surface area contributed by atoms with Crippen LogP contribution in [0.25, 0.3) is 24.3 Å². The van der Waals surface area contributed by atoms with Crippen molar-refractivity contribution in [3.8, 4) is 0 Å². The van der Waals surface area contributed by atoms with Crippen LogP contribution >= 0.6 is 63.7 Å². The smallest absolute Gasteiger partial charge is 0.331 e. The number of carbonyl (C=O) groups is 7. The van der Waals surface area contributed by atoms with Gasteiger partial charge in [0.15, 0.2) is 0 Å². The molecule has 104 heavy (non-hydrogen) atoms. The number of rotatable bonds is 12. The van der Waals surface area contributed by atoms with Crippen LogP contribution in [0.3, 0.4) is 0 Å². The number of carbonyl (C=O) groups excluding carboxylic acids is 7. The first-order valence-electron chi connectivity index (χ1n) is 35.7. The number of allylic oxidation sites excluding steroid dienone is 6. The van der Waals surface area contributed by atoms with Crippen LogP contribution < -0.4 is 0 Å². The molecule has 6 aliphatic rings. The third kappa shape index (κ3) is 28.0. The van der Waals surface area contributed by atoms with Crippen molar-refractivity contribution in [1.29, 1.82) is 0 Å². The number of esters is 7. The van der Waals surface area contributed by atoms with Crippen molar-refractivity contribution in [1.82, 2.24) is 0 Å². The highest BCUT2D eigenvalue weighted by Crippen LogP contribution is 2.42. The van der Waals surface area contributed by atoms with E-state index in [2.05, 4.69) is 100 Å². The number of cyclic esters (lactones) is 3. The normalized spacial score (nSPS) is 29.5. The zero-order chi connectivity index (χ0) is 74.3. The summed E-state index contributed by atoms with van der Waals surface area (Å²) in [5, 5.41) is 20.9. The number of hydrogen-bond acceptors (Lipinski definition) is 16. The molecule has 3 saturated carbocycles. The van der Waals surface area contributed by atoms with E-state index in [-0.39, 0.29) is 66.0 Å². The van der Waals surface area contributed by atoms with Gasteiger partial charge in [0.2, 0.25) is 0 Å². The highest BCUT2D eigenvalue weighted by Gasteiger charge is 2.42. The van der Waals surface area contributed by atoms with Crippen molar-refractivity contribution in [3.63, 3.8) is 0 Å². The molecule has 15 atom stereocenters. The van der Waals surface area contributed by atoms with Gasteiger partial charge in [0, 0.05) is 72.3 Å². The monoisotopic (exact) mass is 1670 g/mol. The van der Waals surface area contributed by atoms with Crippen LogP contribution in [-0.4, -0.2) is 107 Å². The minimum absolute atomic E-state index is 0.0149. The first kappa shape index (κ1) is 82.1. The topological polar surface area (TPSA) is 225 Å². The lowest BCUT2D eigenvalue weighted by Gasteiger charge is -2.24. The Kier molecular flexibility index (Phi) is 34.0. The van der Waals surface area contributed by atoms with Gasteiger partial charge in [0.05, 0.1) is 30.5 Å². The molecule has 0 aromatic heterocycles. The molecule has 0 unspecified atom stereocenters. The number of aliphatic hydroxyl groups is 2. The maximum Gasteiger partial charge on any atom is 0.331 e. The standard InChI is InChI=1S/C34H34Br2O6.2C25H29BrO5/c1-23-9-3-2-4-12-26-21-27(41-33(38)18-15-24-10-5-7-13-29(24)35)22-28(26)31(17-20-32(37)40-23)42-34(39)19-16-25-11-6-8-14-30(25)36;1-17-7-3-2-4-9-19-15-20(16-21(19)23(27)12-14-24(28)30-17)31-25(29)13-11-18-8-5-6-10-22(18)26;1-17-7-3-2-4-9-19-15-20(27)16-21(19)23(12-14-24(28)30-17)31-25(29)13-11-18-8-5-6-10-22(18)26/h4-8,10-20,23,26-28,31H,2-3,9,21-22H2,1H3;2*4-6,8-14,17,19-21,23,27H,2-3,7,15-16H2,1H3/b12-4+,18-15+,19-16+,20-17+;2*9-4+,13-11+,14-12+/t23-,26+,27-,28+,31+;2*17-,19+,20-,21+,23+/m000/s1. The molecule has 3 aliphatic carbocycles. The molecule has 3 heterocycles. The molecule has 3 fully saturated rings. The molecule has 0 spiro atoms. The fourth-order valence-electron chi connectivity index (χ4n) is 13.5. The molecule has 2 N–H and O–H groups in total. The molecule has 4 aromatic carbocycles. The molecule has 20 heteroatoms. The number of halogens is 4. The van der Waals surface area contributed by atoms with Crippen LogP contribution in [-0.2, 0) is 66.7 Å². The summed E-state index contributed by atoms with van der Waals surface area (Å²) in [6.07, 6.45) is 41.1. The van der Waals surface area contributed by atoms with Gasteiger partial charge < -0.3 is 43.4 Å². The van der Waals surface area contributed by atoms with Crippen LogP contribution in [0.5, 0.6) is 0 Å². The molecular weight excluding hydrogens is 1580 g/mol. The molecule has 16 nitrogen and oxygen atoms in total. The van der Waals surface area contributed by atoms with Gasteiger partial charge >= 0.3 is 41.8 Å². The Labute approximate surface area is 644 Å². The quantitative estimate of drug-likeness (QED) is 0.0582. The molecule has 0 radical (unpaired) electrons. The van der Waals surface area contributed by atoms with Crippen LogP contribution in [0.4, 0.5) is 0 Å². The van der Waals surface area contributed by atoms with Gasteiger partial charge in [0.1, 0.15) is 24.4 Å². The summed E-state index contributed by atoms with van der Waals surface area (Å²) in [5.74, 6) is -3.51. The zero-order valence-electron chi connectivity index (χ0n) is 58.7. The number of ether oxygens (including phenoxy) is 7. The Balaban J connectivity index is 0.000000201. The predicted octanol–water partition coefficient (Wildman–Crippen LogP) is 18.0. The van der Waals surface area contributed by atoms with Crippen molar-refractivity contribution in [2.24, 2.45) is 35.5 Å². The summed E-state index contributed by atoms with van der Waals surface area (Å²) < 4.78 is 42.9. The summed E-state index contributed by atoms with van der Waals surface area (Å²) in [6, 6.07) is 30.3. The van der Waals surface area contributed by atoms with Gasteiger partial charge in [-0.05, 0) is 230 Å². The van der Waals surface area contributed by atoms with Gasteiger partial charge in [-0.25, -0.2) is 33.6 Å². The van der Waals surface area contributed by atoms with Gasteiger partial charge in [-0.15, -0.1) is 0 Å². The lowest BCUT2D eigenvalue weighted by atomic mass is 9.89. The summed E-state index contributed by atoms with van der Waals surface area (Å²) in [6.45, 7) is 5.63. The fraction of sp³-hybridized carbons (Fsp3) is 0.393. The van der Waals surface area contributed by atoms with Crippen molar-refractivity contribution in [2.45, 2.75) is 172 Å². The Morgan fingerprint density at radius 2 is 0.702 bits per heavy atom. The summed E-state index contributed by atoms with van der Waals surface area (Å²) >= 11 is 13.9. The summed E-state index contributed by atoms with van der Waals surface area (Å²) in [7, 11) is 0. The maximum absolute atomic E-state index is 13.0. The lowest BCUT2D eigenvalue weighted by molar-refractivity contribution is -0.146. The lowest BCUT2D eigenvalue weighted by Crippen LogP contribution is -2.27. The first-order valence-corrected chi connectivity index (χ1v) is 38.9. The second-order valence-electron chi connectivity index (χ2n) is 26.8. The van der Waals surface area contributed by atoms with E-state index in [1.807, 2.05) is 118 Å². The van der Waals surface area contributed by atoms with Gasteiger partial charge in [-0.2, -0.15) is 0 Å². The first-order chi connectivity index (χ1) is 50.1.